The summed E-state index contributed by atoms with van der Waals surface area (Å²) in [6.45, 7) is 0. The van der Waals surface area contributed by atoms with Crippen LogP contribution in [-0.2, 0) is 22.4 Å². The van der Waals surface area contributed by atoms with Gasteiger partial charge in [-0.25, -0.2) is 9.78 Å². The molecule has 1 amide bonds. The summed E-state index contributed by atoms with van der Waals surface area (Å²) in [7, 11) is 1.24. The van der Waals surface area contributed by atoms with Crippen LogP contribution in [0.25, 0.3) is 0 Å². The van der Waals surface area contributed by atoms with Crippen LogP contribution in [0, 0.1) is 11.3 Å². The Balaban J connectivity index is 1.98. The first-order valence-corrected chi connectivity index (χ1v) is 7.56. The highest BCUT2D eigenvalue weighted by molar-refractivity contribution is 5.99. The predicted octanol–water partition coefficient (Wildman–Crippen LogP) is 1.10. The molecule has 7 heteroatoms. The Morgan fingerprint density at radius 2 is 2.12 bits per heavy atom. The first kappa shape index (κ1) is 16.5. The summed E-state index contributed by atoms with van der Waals surface area (Å²) in [6.07, 6.45) is 1.71. The number of aromatic hydroxyl groups is 1. The zero-order chi connectivity index (χ0) is 18.0. The fraction of sp³-hybridized carbons (Fsp3) is 0.222. The van der Waals surface area contributed by atoms with Crippen molar-refractivity contribution in [3.8, 4) is 11.8 Å². The summed E-state index contributed by atoms with van der Waals surface area (Å²) in [6, 6.07) is 10.1. The second-order valence-corrected chi connectivity index (χ2v) is 5.81. The Morgan fingerprint density at radius 1 is 1.32 bits per heavy atom. The first-order valence-electron chi connectivity index (χ1n) is 7.56. The van der Waals surface area contributed by atoms with E-state index in [9.17, 15) is 20.0 Å². The molecule has 3 rings (SSSR count). The average molecular weight is 337 g/mol. The molecule has 0 radical (unpaired) electrons. The number of aromatic nitrogens is 1. The third-order valence-electron chi connectivity index (χ3n) is 4.29. The molecule has 0 saturated heterocycles. The number of methoxy groups -OCH3 is 1. The van der Waals surface area contributed by atoms with Crippen LogP contribution in [0.5, 0.6) is 5.75 Å². The van der Waals surface area contributed by atoms with Gasteiger partial charge in [0, 0.05) is 19.0 Å². The van der Waals surface area contributed by atoms with Crippen LogP contribution in [0.4, 0.5) is 0 Å². The molecule has 0 saturated carbocycles. The summed E-state index contributed by atoms with van der Waals surface area (Å²) < 4.78 is 4.89. The standard InChI is InChI=1S/C18H15N3O4/c1-25-17(24)18(21-16(23)15-14(22)6-3-7-20-15)8-11-4-2-5-12(10-19)13(11)9-18/h2-7,22H,8-9H2,1H3,(H,21,23). The zero-order valence-electron chi connectivity index (χ0n) is 13.4. The third kappa shape index (κ3) is 2.78. The van der Waals surface area contributed by atoms with Gasteiger partial charge in [-0.15, -0.1) is 0 Å². The molecule has 25 heavy (non-hydrogen) atoms. The quantitative estimate of drug-likeness (QED) is 0.811. The van der Waals surface area contributed by atoms with Crippen molar-refractivity contribution >= 4 is 11.9 Å². The number of ether oxygens (including phenoxy) is 1. The van der Waals surface area contributed by atoms with Crippen molar-refractivity contribution in [2.75, 3.05) is 7.11 Å². The van der Waals surface area contributed by atoms with E-state index in [1.807, 2.05) is 6.07 Å². The number of pyridine rings is 1. The maximum absolute atomic E-state index is 12.5. The van der Waals surface area contributed by atoms with E-state index < -0.39 is 17.4 Å². The van der Waals surface area contributed by atoms with E-state index in [0.29, 0.717) is 11.1 Å². The number of carbonyl (C=O) groups is 2. The van der Waals surface area contributed by atoms with Crippen molar-refractivity contribution in [2.24, 2.45) is 0 Å². The summed E-state index contributed by atoms with van der Waals surface area (Å²) in [4.78, 5) is 28.9. The number of benzene rings is 1. The molecule has 1 aliphatic rings. The summed E-state index contributed by atoms with van der Waals surface area (Å²) in [5, 5.41) is 21.7. The molecular weight excluding hydrogens is 322 g/mol. The van der Waals surface area contributed by atoms with E-state index in [-0.39, 0.29) is 24.3 Å². The number of fused-ring (bicyclic) bond motifs is 1. The Labute approximate surface area is 143 Å². The summed E-state index contributed by atoms with van der Waals surface area (Å²) in [5.41, 5.74) is 0.446. The molecule has 1 aliphatic carbocycles. The monoisotopic (exact) mass is 337 g/mol. The molecule has 1 atom stereocenters. The van der Waals surface area contributed by atoms with Gasteiger partial charge in [-0.1, -0.05) is 12.1 Å². The van der Waals surface area contributed by atoms with Crippen molar-refractivity contribution in [3.05, 3.63) is 58.9 Å². The largest absolute Gasteiger partial charge is 0.505 e. The number of nitrogens with one attached hydrogen (secondary N) is 1. The van der Waals surface area contributed by atoms with Crippen molar-refractivity contribution in [3.63, 3.8) is 0 Å². The van der Waals surface area contributed by atoms with Gasteiger partial charge >= 0.3 is 5.97 Å². The van der Waals surface area contributed by atoms with Crippen molar-refractivity contribution in [1.82, 2.24) is 10.3 Å². The molecule has 1 aromatic carbocycles. The number of rotatable bonds is 3. The molecule has 126 valence electrons. The predicted molar refractivity (Wildman–Crippen MR) is 86.7 cm³/mol. The second kappa shape index (κ2) is 6.24. The molecule has 2 aromatic rings. The Bertz CT molecular complexity index is 903. The minimum atomic E-state index is -1.34. The molecule has 1 unspecified atom stereocenters. The normalized spacial score (nSPS) is 18.1. The van der Waals surface area contributed by atoms with Crippen LogP contribution < -0.4 is 5.32 Å². The minimum absolute atomic E-state index is 0.137. The number of amides is 1. The highest BCUT2D eigenvalue weighted by Crippen LogP contribution is 2.33. The van der Waals surface area contributed by atoms with Crippen LogP contribution in [0.3, 0.4) is 0 Å². The number of esters is 1. The Hall–Kier alpha value is -3.40. The topological polar surface area (TPSA) is 112 Å². The minimum Gasteiger partial charge on any atom is -0.505 e. The van der Waals surface area contributed by atoms with E-state index in [1.54, 1.807) is 12.1 Å². The van der Waals surface area contributed by atoms with Crippen LogP contribution in [0.2, 0.25) is 0 Å². The second-order valence-electron chi connectivity index (χ2n) is 5.81. The number of nitriles is 1. The van der Waals surface area contributed by atoms with Gasteiger partial charge in [0.25, 0.3) is 5.91 Å². The van der Waals surface area contributed by atoms with Gasteiger partial charge in [-0.3, -0.25) is 4.79 Å². The molecule has 0 spiro atoms. The van der Waals surface area contributed by atoms with Gasteiger partial charge < -0.3 is 15.2 Å². The number of hydrogen-bond donors (Lipinski definition) is 2. The molecular formula is C18H15N3O4. The summed E-state index contributed by atoms with van der Waals surface area (Å²) >= 11 is 0. The molecule has 0 aliphatic heterocycles. The molecule has 2 N–H and O–H groups in total. The maximum atomic E-state index is 12.5. The lowest BCUT2D eigenvalue weighted by atomic mass is 9.94. The number of nitrogens with zero attached hydrogens (tertiary/aromatic N) is 2. The highest BCUT2D eigenvalue weighted by atomic mass is 16.5. The van der Waals surface area contributed by atoms with Crippen molar-refractivity contribution in [1.29, 1.82) is 5.26 Å². The van der Waals surface area contributed by atoms with E-state index in [1.165, 1.54) is 25.4 Å². The molecule has 0 fully saturated rings. The SMILES string of the molecule is COC(=O)C1(NC(=O)c2ncccc2O)Cc2cccc(C#N)c2C1. The van der Waals surface area contributed by atoms with E-state index in [2.05, 4.69) is 16.4 Å². The number of hydrogen-bond acceptors (Lipinski definition) is 6. The van der Waals surface area contributed by atoms with E-state index in [4.69, 9.17) is 4.74 Å². The van der Waals surface area contributed by atoms with Gasteiger partial charge in [0.1, 0.15) is 11.3 Å². The molecule has 7 nitrogen and oxygen atoms in total. The van der Waals surface area contributed by atoms with Crippen LogP contribution in [0.1, 0.15) is 27.2 Å². The van der Waals surface area contributed by atoms with Gasteiger partial charge in [-0.05, 0) is 29.3 Å². The lowest BCUT2D eigenvalue weighted by Gasteiger charge is -2.27. The van der Waals surface area contributed by atoms with E-state index in [0.717, 1.165) is 5.56 Å². The van der Waals surface area contributed by atoms with Crippen LogP contribution in [-0.4, -0.2) is 34.6 Å². The maximum Gasteiger partial charge on any atom is 0.332 e. The van der Waals surface area contributed by atoms with Crippen molar-refractivity contribution < 1.29 is 19.4 Å². The summed E-state index contributed by atoms with van der Waals surface area (Å²) in [5.74, 6) is -1.58. The van der Waals surface area contributed by atoms with Crippen molar-refractivity contribution in [2.45, 2.75) is 18.4 Å². The van der Waals surface area contributed by atoms with Crippen LogP contribution >= 0.6 is 0 Å². The highest BCUT2D eigenvalue weighted by Gasteiger charge is 2.47. The lowest BCUT2D eigenvalue weighted by Crippen LogP contribution is -2.56. The molecule has 1 heterocycles. The third-order valence-corrected chi connectivity index (χ3v) is 4.29. The molecule has 1 aromatic heterocycles. The van der Waals surface area contributed by atoms with Crippen LogP contribution in [0.15, 0.2) is 36.5 Å². The average Bonchev–Trinajstić information content (AvgIpc) is 3.00. The molecule has 0 bridgehead atoms. The first-order chi connectivity index (χ1) is 12.0. The fourth-order valence-corrected chi connectivity index (χ4v) is 3.13. The van der Waals surface area contributed by atoms with E-state index >= 15 is 0 Å². The Kier molecular flexibility index (Phi) is 4.11. The fourth-order valence-electron chi connectivity index (χ4n) is 3.13. The smallest absolute Gasteiger partial charge is 0.332 e. The number of carbonyl (C=O) groups excluding carboxylic acids is 2. The Morgan fingerprint density at radius 3 is 2.80 bits per heavy atom. The van der Waals surface area contributed by atoms with Gasteiger partial charge in [0.2, 0.25) is 0 Å². The van der Waals surface area contributed by atoms with Gasteiger partial charge in [0.15, 0.2) is 5.69 Å². The lowest BCUT2D eigenvalue weighted by molar-refractivity contribution is -0.147. The zero-order valence-corrected chi connectivity index (χ0v) is 13.4. The van der Waals surface area contributed by atoms with Gasteiger partial charge in [0.05, 0.1) is 18.7 Å². The van der Waals surface area contributed by atoms with Gasteiger partial charge in [-0.2, -0.15) is 5.26 Å².